The molecule has 3 rings (SSSR count). The fraction of sp³-hybridized carbons (Fsp3) is 0.176. The summed E-state index contributed by atoms with van der Waals surface area (Å²) < 4.78 is 49.1. The van der Waals surface area contributed by atoms with Gasteiger partial charge >= 0.3 is 0 Å². The maximum atomic E-state index is 13.2. The molecule has 2 aromatic carbocycles. The third-order valence-corrected chi connectivity index (χ3v) is 5.83. The van der Waals surface area contributed by atoms with Gasteiger partial charge < -0.3 is 10.1 Å². The number of carbonyl (C=O) groups excluding carboxylic acids is 1. The average molecular weight is 428 g/mol. The van der Waals surface area contributed by atoms with Crippen molar-refractivity contribution >= 4 is 39.1 Å². The Morgan fingerprint density at radius 1 is 1.30 bits per heavy atom. The van der Waals surface area contributed by atoms with Crippen LogP contribution in [0.5, 0.6) is 11.5 Å². The van der Waals surface area contributed by atoms with Crippen LogP contribution in [0.25, 0.3) is 0 Å². The lowest BCUT2D eigenvalue weighted by atomic mass is 10.2. The van der Waals surface area contributed by atoms with E-state index >= 15 is 0 Å². The topological polar surface area (TPSA) is 99.5 Å². The minimum absolute atomic E-state index is 0.0134. The van der Waals surface area contributed by atoms with Gasteiger partial charge in [0.15, 0.2) is 0 Å². The van der Waals surface area contributed by atoms with Crippen molar-refractivity contribution in [3.05, 3.63) is 52.0 Å². The van der Waals surface area contributed by atoms with Gasteiger partial charge in [-0.1, -0.05) is 23.2 Å². The predicted molar refractivity (Wildman–Crippen MR) is 99.5 cm³/mol. The SMILES string of the molecule is [2H]c1cc(Oc2cc(Cl)cc(Cl)c2)c(S(=O)(=O)N2CCNC(=O)C2)c([2H])c1C#N. The van der Waals surface area contributed by atoms with Crippen molar-refractivity contribution in [2.75, 3.05) is 19.6 Å². The first-order valence-electron chi connectivity index (χ1n) is 8.58. The van der Waals surface area contributed by atoms with E-state index in [9.17, 15) is 18.5 Å². The summed E-state index contributed by atoms with van der Waals surface area (Å²) in [5.74, 6) is -0.754. The molecule has 0 aromatic heterocycles. The van der Waals surface area contributed by atoms with E-state index in [1.165, 1.54) is 18.2 Å². The molecule has 0 saturated carbocycles. The van der Waals surface area contributed by atoms with E-state index in [0.29, 0.717) is 0 Å². The summed E-state index contributed by atoms with van der Waals surface area (Å²) in [5.41, 5.74) is -0.429. The molecule has 2 aromatic rings. The van der Waals surface area contributed by atoms with E-state index in [0.717, 1.165) is 10.4 Å². The monoisotopic (exact) mass is 427 g/mol. The molecular formula is C17H13Cl2N3O4S. The van der Waals surface area contributed by atoms with Gasteiger partial charge in [0.25, 0.3) is 0 Å². The summed E-state index contributed by atoms with van der Waals surface area (Å²) >= 11 is 11.9. The first kappa shape index (κ1) is 16.8. The molecule has 0 atom stereocenters. The third-order valence-electron chi connectivity index (χ3n) is 3.59. The molecule has 7 nitrogen and oxygen atoms in total. The molecule has 0 spiro atoms. The lowest BCUT2D eigenvalue weighted by Crippen LogP contribution is -2.49. The first-order chi connectivity index (χ1) is 13.6. The third kappa shape index (κ3) is 4.34. The summed E-state index contributed by atoms with van der Waals surface area (Å²) in [6.07, 6.45) is 0. The van der Waals surface area contributed by atoms with Gasteiger partial charge in [0.2, 0.25) is 15.9 Å². The Hall–Kier alpha value is -2.31. The Morgan fingerprint density at radius 3 is 2.63 bits per heavy atom. The van der Waals surface area contributed by atoms with Crippen LogP contribution in [0.4, 0.5) is 0 Å². The summed E-state index contributed by atoms with van der Waals surface area (Å²) in [6.45, 7) is -0.345. The Bertz CT molecular complexity index is 1130. The lowest BCUT2D eigenvalue weighted by molar-refractivity contribution is -0.122. The van der Waals surface area contributed by atoms with Crippen molar-refractivity contribution in [3.8, 4) is 17.6 Å². The largest absolute Gasteiger partial charge is 0.456 e. The van der Waals surface area contributed by atoms with Crippen LogP contribution in [0.2, 0.25) is 10.0 Å². The summed E-state index contributed by atoms with van der Waals surface area (Å²) in [4.78, 5) is 11.0. The number of nitriles is 1. The van der Waals surface area contributed by atoms with Gasteiger partial charge in [0.1, 0.15) is 16.4 Å². The number of halogens is 2. The Kier molecular flexibility index (Phi) is 4.83. The van der Waals surface area contributed by atoms with Gasteiger partial charge in [-0.3, -0.25) is 4.79 Å². The fourth-order valence-electron chi connectivity index (χ4n) is 2.41. The summed E-state index contributed by atoms with van der Waals surface area (Å²) in [5, 5.41) is 12.2. The highest BCUT2D eigenvalue weighted by Gasteiger charge is 2.32. The highest BCUT2D eigenvalue weighted by molar-refractivity contribution is 7.89. The molecule has 0 bridgehead atoms. The van der Waals surface area contributed by atoms with Crippen LogP contribution in [0.3, 0.4) is 0 Å². The number of nitrogens with one attached hydrogen (secondary N) is 1. The van der Waals surface area contributed by atoms with Crippen molar-refractivity contribution in [1.82, 2.24) is 9.62 Å². The van der Waals surface area contributed by atoms with E-state index in [4.69, 9.17) is 30.7 Å². The van der Waals surface area contributed by atoms with E-state index in [1.807, 2.05) is 0 Å². The normalized spacial score (nSPS) is 16.1. The summed E-state index contributed by atoms with van der Waals surface area (Å²) in [6, 6.07) is 5.83. The van der Waals surface area contributed by atoms with Crippen LogP contribution in [0, 0.1) is 11.3 Å². The maximum absolute atomic E-state index is 13.2. The predicted octanol–water partition coefficient (Wildman–Crippen LogP) is 2.78. The molecule has 0 unspecified atom stereocenters. The van der Waals surface area contributed by atoms with Crippen LogP contribution in [-0.2, 0) is 14.8 Å². The van der Waals surface area contributed by atoms with Gasteiger partial charge in [-0.25, -0.2) is 8.42 Å². The highest BCUT2D eigenvalue weighted by atomic mass is 35.5. The zero-order chi connectivity index (χ0) is 21.3. The minimum Gasteiger partial charge on any atom is -0.456 e. The number of sulfonamides is 1. The quantitative estimate of drug-likeness (QED) is 0.808. The second kappa shape index (κ2) is 7.74. The van der Waals surface area contributed by atoms with Crippen molar-refractivity contribution in [2.24, 2.45) is 0 Å². The molecule has 1 N–H and O–H groups in total. The average Bonchev–Trinajstić information content (AvgIpc) is 2.60. The number of ether oxygens (including phenoxy) is 1. The lowest BCUT2D eigenvalue weighted by Gasteiger charge is -2.26. The van der Waals surface area contributed by atoms with Gasteiger partial charge in [-0.2, -0.15) is 9.57 Å². The van der Waals surface area contributed by atoms with Crippen LogP contribution in [0.1, 0.15) is 8.30 Å². The number of amides is 1. The Morgan fingerprint density at radius 2 is 2.00 bits per heavy atom. The number of benzene rings is 2. The molecule has 1 aliphatic heterocycles. The van der Waals surface area contributed by atoms with Gasteiger partial charge in [0, 0.05) is 23.1 Å². The van der Waals surface area contributed by atoms with Crippen LogP contribution < -0.4 is 10.1 Å². The van der Waals surface area contributed by atoms with Crippen molar-refractivity contribution in [2.45, 2.75) is 4.90 Å². The molecular weight excluding hydrogens is 413 g/mol. The number of nitrogens with zero attached hydrogens (tertiary/aromatic N) is 2. The molecule has 0 radical (unpaired) electrons. The number of hydrogen-bond acceptors (Lipinski definition) is 5. The van der Waals surface area contributed by atoms with E-state index in [1.54, 1.807) is 6.07 Å². The molecule has 1 fully saturated rings. The second-order valence-electron chi connectivity index (χ2n) is 5.49. The summed E-state index contributed by atoms with van der Waals surface area (Å²) in [7, 11) is -4.39. The highest BCUT2D eigenvalue weighted by Crippen LogP contribution is 2.34. The minimum atomic E-state index is -4.39. The van der Waals surface area contributed by atoms with E-state index in [-0.39, 0.29) is 40.7 Å². The molecule has 10 heteroatoms. The molecule has 1 saturated heterocycles. The van der Waals surface area contributed by atoms with E-state index in [2.05, 4.69) is 5.32 Å². The molecule has 1 amide bonds. The smallest absolute Gasteiger partial charge is 0.247 e. The van der Waals surface area contributed by atoms with Crippen LogP contribution in [0.15, 0.2) is 41.2 Å². The molecule has 1 heterocycles. The van der Waals surface area contributed by atoms with Gasteiger partial charge in [-0.05, 0) is 36.4 Å². The molecule has 27 heavy (non-hydrogen) atoms. The second-order valence-corrected chi connectivity index (χ2v) is 8.24. The number of hydrogen-bond donors (Lipinski definition) is 1. The van der Waals surface area contributed by atoms with Gasteiger partial charge in [-0.15, -0.1) is 0 Å². The number of piperazine rings is 1. The Labute approximate surface area is 168 Å². The Balaban J connectivity index is 2.18. The van der Waals surface area contributed by atoms with Crippen molar-refractivity contribution in [1.29, 1.82) is 5.26 Å². The first-order valence-corrected chi connectivity index (χ1v) is 9.78. The van der Waals surface area contributed by atoms with Crippen LogP contribution >= 0.6 is 23.2 Å². The zero-order valence-corrected chi connectivity index (χ0v) is 16.0. The molecule has 1 aliphatic rings. The molecule has 0 aliphatic carbocycles. The fourth-order valence-corrected chi connectivity index (χ4v) is 4.37. The maximum Gasteiger partial charge on any atom is 0.247 e. The standard InChI is InChI=1S/C17H13Cl2N3O4S/c18-12-6-13(19)8-14(7-12)26-15-2-1-11(9-20)5-16(15)27(24,25)22-4-3-21-17(23)10-22/h1-2,5-8H,3-4,10H2,(H,21,23)/i1D,5D. The van der Waals surface area contributed by atoms with Crippen molar-refractivity contribution in [3.63, 3.8) is 0 Å². The van der Waals surface area contributed by atoms with Gasteiger partial charge in [0.05, 0.1) is 20.9 Å². The zero-order valence-electron chi connectivity index (χ0n) is 15.6. The van der Waals surface area contributed by atoms with Crippen molar-refractivity contribution < 1.29 is 20.7 Å². The number of carbonyl (C=O) groups is 1. The van der Waals surface area contributed by atoms with E-state index < -0.39 is 39.0 Å². The molecule has 140 valence electrons. The number of rotatable bonds is 4. The van der Waals surface area contributed by atoms with Crippen LogP contribution in [-0.4, -0.2) is 38.3 Å².